The molecule has 4 nitrogen and oxygen atoms in total. The lowest BCUT2D eigenvalue weighted by molar-refractivity contribution is -0.145. The predicted molar refractivity (Wildman–Crippen MR) is 77.5 cm³/mol. The van der Waals surface area contributed by atoms with E-state index in [4.69, 9.17) is 4.74 Å². The number of nitrogens with one attached hydrogen (secondary N) is 1. The van der Waals surface area contributed by atoms with E-state index in [1.165, 1.54) is 0 Å². The van der Waals surface area contributed by atoms with E-state index in [1.54, 1.807) is 0 Å². The molecule has 2 aliphatic carbocycles. The molecule has 2 bridgehead atoms. The van der Waals surface area contributed by atoms with Crippen LogP contribution in [0.2, 0.25) is 0 Å². The summed E-state index contributed by atoms with van der Waals surface area (Å²) in [5, 5.41) is 3.04. The van der Waals surface area contributed by atoms with E-state index < -0.39 is 0 Å². The fourth-order valence-electron chi connectivity index (χ4n) is 4.53. The molecule has 1 aliphatic heterocycles. The van der Waals surface area contributed by atoms with Crippen LogP contribution in [0.5, 0.6) is 0 Å². The Kier molecular flexibility index (Phi) is 2.81. The first-order chi connectivity index (χ1) is 10.2. The summed E-state index contributed by atoms with van der Waals surface area (Å²) < 4.78 is 5.40. The molecule has 4 rings (SSSR count). The molecule has 1 aromatic carbocycles. The first-order valence-corrected chi connectivity index (χ1v) is 7.78. The van der Waals surface area contributed by atoms with Crippen LogP contribution in [0.15, 0.2) is 24.3 Å². The van der Waals surface area contributed by atoms with Crippen molar-refractivity contribution in [2.45, 2.75) is 32.3 Å². The largest absolute Gasteiger partial charge is 0.462 e. The maximum absolute atomic E-state index is 12.7. The van der Waals surface area contributed by atoms with Crippen LogP contribution >= 0.6 is 0 Å². The normalized spacial score (nSPS) is 35.9. The highest BCUT2D eigenvalue weighted by Gasteiger charge is 2.63. The number of esters is 1. The van der Waals surface area contributed by atoms with Crippen LogP contribution in [0.4, 0.5) is 5.69 Å². The topological polar surface area (TPSA) is 55.4 Å². The quantitative estimate of drug-likeness (QED) is 0.868. The molecular formula is C17H19NO3. The van der Waals surface area contributed by atoms with Crippen LogP contribution in [0, 0.1) is 23.7 Å². The predicted octanol–water partition coefficient (Wildman–Crippen LogP) is 2.39. The number of amides is 1. The lowest BCUT2D eigenvalue weighted by Crippen LogP contribution is -2.36. The monoisotopic (exact) mass is 285 g/mol. The summed E-state index contributed by atoms with van der Waals surface area (Å²) in [6, 6.07) is 7.86. The molecule has 2 saturated carbocycles. The molecular weight excluding hydrogens is 266 g/mol. The van der Waals surface area contributed by atoms with Gasteiger partial charge in [-0.15, -0.1) is 0 Å². The van der Waals surface area contributed by atoms with Gasteiger partial charge in [0, 0.05) is 11.6 Å². The van der Waals surface area contributed by atoms with Crippen LogP contribution in [-0.2, 0) is 20.7 Å². The van der Waals surface area contributed by atoms with Crippen molar-refractivity contribution in [2.24, 2.45) is 23.7 Å². The number of rotatable bonds is 3. The fraction of sp³-hybridized carbons (Fsp3) is 0.529. The van der Waals surface area contributed by atoms with Crippen LogP contribution < -0.4 is 5.32 Å². The SMILES string of the molecule is CCc1ccccc1NC(=O)[C@H]1[C@@H]2C[C@H]3[C@@H]1C(=O)O[C@@H]3C2. The van der Waals surface area contributed by atoms with E-state index in [0.717, 1.165) is 30.5 Å². The van der Waals surface area contributed by atoms with E-state index >= 15 is 0 Å². The Hall–Kier alpha value is -1.84. The average Bonchev–Trinajstić information content (AvgIpc) is 3.09. The van der Waals surface area contributed by atoms with Gasteiger partial charge in [0.15, 0.2) is 0 Å². The maximum Gasteiger partial charge on any atom is 0.310 e. The van der Waals surface area contributed by atoms with Crippen molar-refractivity contribution in [3.05, 3.63) is 29.8 Å². The molecule has 0 aromatic heterocycles. The number of hydrogen-bond acceptors (Lipinski definition) is 3. The van der Waals surface area contributed by atoms with Crippen molar-refractivity contribution in [1.29, 1.82) is 0 Å². The Morgan fingerprint density at radius 2 is 2.14 bits per heavy atom. The molecule has 5 atom stereocenters. The van der Waals surface area contributed by atoms with Crippen molar-refractivity contribution >= 4 is 17.6 Å². The van der Waals surface area contributed by atoms with Gasteiger partial charge in [0.1, 0.15) is 6.10 Å². The zero-order valence-electron chi connectivity index (χ0n) is 12.0. The number of anilines is 1. The summed E-state index contributed by atoms with van der Waals surface area (Å²) in [6.07, 6.45) is 2.79. The molecule has 1 heterocycles. The Morgan fingerprint density at radius 3 is 2.95 bits per heavy atom. The van der Waals surface area contributed by atoms with Crippen molar-refractivity contribution in [3.63, 3.8) is 0 Å². The summed E-state index contributed by atoms with van der Waals surface area (Å²) in [6.45, 7) is 2.07. The van der Waals surface area contributed by atoms with E-state index in [0.29, 0.717) is 5.92 Å². The standard InChI is InChI=1S/C17H19NO3/c1-2-9-5-3-4-6-12(9)18-16(19)14-10-7-11-13(8-10)21-17(20)15(11)14/h3-6,10-11,13-15H,2,7-8H2,1H3,(H,18,19)/t10-,11-,13-,14+,15+/m1/s1. The number of ether oxygens (including phenoxy) is 1. The molecule has 1 saturated heterocycles. The second-order valence-corrected chi connectivity index (χ2v) is 6.42. The van der Waals surface area contributed by atoms with Gasteiger partial charge < -0.3 is 10.1 Å². The lowest BCUT2D eigenvalue weighted by Gasteiger charge is -2.24. The molecule has 1 N–H and O–H groups in total. The minimum Gasteiger partial charge on any atom is -0.462 e. The molecule has 0 radical (unpaired) electrons. The molecule has 110 valence electrons. The second kappa shape index (κ2) is 4.58. The van der Waals surface area contributed by atoms with Gasteiger partial charge >= 0.3 is 5.97 Å². The number of fused-ring (bicyclic) bond motifs is 1. The molecule has 3 fully saturated rings. The van der Waals surface area contributed by atoms with Gasteiger partial charge in [-0.3, -0.25) is 9.59 Å². The van der Waals surface area contributed by atoms with Crippen LogP contribution in [0.25, 0.3) is 0 Å². The van der Waals surface area contributed by atoms with Gasteiger partial charge in [0.2, 0.25) is 5.91 Å². The molecule has 4 heteroatoms. The first-order valence-electron chi connectivity index (χ1n) is 7.78. The third-order valence-corrected chi connectivity index (χ3v) is 5.44. The third kappa shape index (κ3) is 1.81. The second-order valence-electron chi connectivity index (χ2n) is 6.42. The molecule has 1 amide bonds. The van der Waals surface area contributed by atoms with E-state index in [1.807, 2.05) is 24.3 Å². The van der Waals surface area contributed by atoms with Gasteiger partial charge in [-0.25, -0.2) is 0 Å². The number of para-hydroxylation sites is 1. The highest BCUT2D eigenvalue weighted by atomic mass is 16.6. The maximum atomic E-state index is 12.7. The molecule has 0 unspecified atom stereocenters. The average molecular weight is 285 g/mol. The number of hydrogen-bond donors (Lipinski definition) is 1. The van der Waals surface area contributed by atoms with Gasteiger partial charge in [0.05, 0.1) is 11.8 Å². The summed E-state index contributed by atoms with van der Waals surface area (Å²) in [7, 11) is 0. The zero-order valence-corrected chi connectivity index (χ0v) is 12.0. The van der Waals surface area contributed by atoms with Crippen LogP contribution in [0.1, 0.15) is 25.3 Å². The zero-order chi connectivity index (χ0) is 14.6. The molecule has 1 aromatic rings. The van der Waals surface area contributed by atoms with Crippen LogP contribution in [-0.4, -0.2) is 18.0 Å². The summed E-state index contributed by atoms with van der Waals surface area (Å²) >= 11 is 0. The van der Waals surface area contributed by atoms with Crippen molar-refractivity contribution in [1.82, 2.24) is 0 Å². The summed E-state index contributed by atoms with van der Waals surface area (Å²) in [5.41, 5.74) is 2.00. The highest BCUT2D eigenvalue weighted by Crippen LogP contribution is 2.57. The smallest absolute Gasteiger partial charge is 0.310 e. The van der Waals surface area contributed by atoms with E-state index in [-0.39, 0.29) is 35.7 Å². The van der Waals surface area contributed by atoms with Gasteiger partial charge in [-0.2, -0.15) is 0 Å². The Bertz CT molecular complexity index is 610. The Morgan fingerprint density at radius 1 is 1.33 bits per heavy atom. The fourth-order valence-corrected chi connectivity index (χ4v) is 4.53. The van der Waals surface area contributed by atoms with Crippen molar-refractivity contribution < 1.29 is 14.3 Å². The van der Waals surface area contributed by atoms with Gasteiger partial charge in [-0.05, 0) is 36.8 Å². The van der Waals surface area contributed by atoms with Gasteiger partial charge in [0.25, 0.3) is 0 Å². The summed E-state index contributed by atoms with van der Waals surface area (Å²) in [4.78, 5) is 24.7. The number of carbonyl (C=O) groups excluding carboxylic acids is 2. The van der Waals surface area contributed by atoms with E-state index in [2.05, 4.69) is 12.2 Å². The molecule has 0 spiro atoms. The van der Waals surface area contributed by atoms with Crippen LogP contribution in [0.3, 0.4) is 0 Å². The van der Waals surface area contributed by atoms with Crippen molar-refractivity contribution in [3.8, 4) is 0 Å². The van der Waals surface area contributed by atoms with Crippen molar-refractivity contribution in [2.75, 3.05) is 5.32 Å². The molecule has 21 heavy (non-hydrogen) atoms. The minimum absolute atomic E-state index is 0.00861. The first kappa shape index (κ1) is 12.9. The number of aryl methyl sites for hydroxylation is 1. The Labute approximate surface area is 123 Å². The van der Waals surface area contributed by atoms with Gasteiger partial charge in [-0.1, -0.05) is 25.1 Å². The Balaban J connectivity index is 1.57. The number of benzene rings is 1. The number of carbonyl (C=O) groups is 2. The summed E-state index contributed by atoms with van der Waals surface area (Å²) in [5.74, 6) is 0.0123. The minimum atomic E-state index is -0.206. The molecule has 3 aliphatic rings. The van der Waals surface area contributed by atoms with E-state index in [9.17, 15) is 9.59 Å². The third-order valence-electron chi connectivity index (χ3n) is 5.44. The highest BCUT2D eigenvalue weighted by molar-refractivity contribution is 5.97. The lowest BCUT2D eigenvalue weighted by atomic mass is 9.79.